The van der Waals surface area contributed by atoms with E-state index in [4.69, 9.17) is 22.8 Å². The van der Waals surface area contributed by atoms with Crippen molar-refractivity contribution in [3.05, 3.63) is 11.8 Å². The molecule has 0 aromatic rings. The molecule has 1 rings (SSSR count). The quantitative estimate of drug-likeness (QED) is 0.469. The van der Waals surface area contributed by atoms with Crippen LogP contribution in [-0.2, 0) is 22.8 Å². The predicted octanol–water partition coefficient (Wildman–Crippen LogP) is 0.764. The number of hydrogen-bond acceptors (Lipinski definition) is 5. The van der Waals surface area contributed by atoms with Gasteiger partial charge >= 0.3 is 8.80 Å². The van der Waals surface area contributed by atoms with Gasteiger partial charge in [0.2, 0.25) is 0 Å². The smallest absolute Gasteiger partial charge is 0.374 e. The van der Waals surface area contributed by atoms with Crippen molar-refractivity contribution in [1.82, 2.24) is 0 Å². The molecule has 6 heteroatoms. The molecule has 1 heterocycles. The minimum absolute atomic E-state index is 0.00322. The van der Waals surface area contributed by atoms with Crippen LogP contribution in [-0.4, -0.2) is 55.6 Å². The molecule has 0 aliphatic carbocycles. The second-order valence-corrected chi connectivity index (χ2v) is 6.33. The summed E-state index contributed by atoms with van der Waals surface area (Å²) in [6, 6.07) is 0. The average molecular weight is 248 g/mol. The third-order valence-corrected chi connectivity index (χ3v) is 4.68. The molecule has 1 saturated heterocycles. The summed E-state index contributed by atoms with van der Waals surface area (Å²) in [4.78, 5) is 0. The van der Waals surface area contributed by atoms with Crippen LogP contribution in [0, 0.1) is 0 Å². The Balaban J connectivity index is 2.35. The Kier molecular flexibility index (Phi) is 5.60. The molecule has 2 atom stereocenters. The van der Waals surface area contributed by atoms with E-state index in [0.29, 0.717) is 6.61 Å². The van der Waals surface area contributed by atoms with E-state index in [2.05, 4.69) is 0 Å². The summed E-state index contributed by atoms with van der Waals surface area (Å²) >= 11 is 0. The molecule has 2 unspecified atom stereocenters. The van der Waals surface area contributed by atoms with E-state index in [1.807, 2.05) is 18.7 Å². The molecule has 0 spiro atoms. The highest BCUT2D eigenvalue weighted by atomic mass is 28.4. The Hall–Kier alpha value is -0.243. The van der Waals surface area contributed by atoms with Gasteiger partial charge in [-0.1, -0.05) is 6.08 Å². The molecule has 1 aliphatic rings. The minimum Gasteiger partial charge on any atom is -0.374 e. The summed E-state index contributed by atoms with van der Waals surface area (Å²) in [5, 5.41) is 0. The summed E-state index contributed by atoms with van der Waals surface area (Å²) in [5.74, 6) is 0. The van der Waals surface area contributed by atoms with Gasteiger partial charge in [0.25, 0.3) is 0 Å². The maximum Gasteiger partial charge on any atom is 0.528 e. The van der Waals surface area contributed by atoms with Crippen molar-refractivity contribution < 1.29 is 22.8 Å². The fraction of sp³-hybridized carbons (Fsp3) is 0.800. The zero-order valence-electron chi connectivity index (χ0n) is 10.3. The van der Waals surface area contributed by atoms with Crippen molar-refractivity contribution in [3.63, 3.8) is 0 Å². The topological polar surface area (TPSA) is 49.5 Å². The lowest BCUT2D eigenvalue weighted by Crippen LogP contribution is -2.41. The van der Waals surface area contributed by atoms with Crippen molar-refractivity contribution >= 4 is 8.80 Å². The summed E-state index contributed by atoms with van der Waals surface area (Å²) in [6.07, 6.45) is 2.17. The van der Waals surface area contributed by atoms with Crippen molar-refractivity contribution in [2.45, 2.75) is 19.1 Å². The first-order valence-corrected chi connectivity index (χ1v) is 7.04. The van der Waals surface area contributed by atoms with Crippen LogP contribution in [0.1, 0.15) is 6.92 Å². The Morgan fingerprint density at radius 1 is 1.31 bits per heavy atom. The molecule has 0 amide bonds. The van der Waals surface area contributed by atoms with Gasteiger partial charge in [-0.05, 0) is 12.6 Å². The number of ether oxygens (including phenoxy) is 2. The number of epoxide rings is 1. The molecule has 0 saturated carbocycles. The van der Waals surface area contributed by atoms with E-state index >= 15 is 0 Å². The Morgan fingerprint density at radius 3 is 2.31 bits per heavy atom. The third-order valence-electron chi connectivity index (χ3n) is 2.37. The van der Waals surface area contributed by atoms with Crippen LogP contribution in [0.3, 0.4) is 0 Å². The van der Waals surface area contributed by atoms with Crippen molar-refractivity contribution in [1.29, 1.82) is 0 Å². The summed E-state index contributed by atoms with van der Waals surface area (Å²) < 4.78 is 26.3. The Morgan fingerprint density at radius 2 is 1.88 bits per heavy atom. The van der Waals surface area contributed by atoms with Gasteiger partial charge in [-0.2, -0.15) is 0 Å². The van der Waals surface area contributed by atoms with Gasteiger partial charge in [0.15, 0.2) is 0 Å². The van der Waals surface area contributed by atoms with Crippen molar-refractivity contribution in [2.75, 3.05) is 34.5 Å². The van der Waals surface area contributed by atoms with Crippen LogP contribution in [0.4, 0.5) is 0 Å². The van der Waals surface area contributed by atoms with E-state index in [-0.39, 0.29) is 12.2 Å². The molecule has 0 radical (unpaired) electrons. The highest BCUT2D eigenvalue weighted by molar-refractivity contribution is 6.66. The van der Waals surface area contributed by atoms with Crippen LogP contribution >= 0.6 is 0 Å². The first kappa shape index (κ1) is 13.8. The van der Waals surface area contributed by atoms with E-state index in [1.165, 1.54) is 0 Å². The van der Waals surface area contributed by atoms with Gasteiger partial charge in [0.1, 0.15) is 6.10 Å². The molecule has 1 aliphatic heterocycles. The lowest BCUT2D eigenvalue weighted by Gasteiger charge is -2.21. The first-order chi connectivity index (χ1) is 7.65. The van der Waals surface area contributed by atoms with Gasteiger partial charge in [0.05, 0.1) is 19.3 Å². The van der Waals surface area contributed by atoms with Crippen LogP contribution in [0.25, 0.3) is 0 Å². The van der Waals surface area contributed by atoms with E-state index in [9.17, 15) is 0 Å². The molecule has 0 aromatic heterocycles. The molecule has 0 bridgehead atoms. The monoisotopic (exact) mass is 248 g/mol. The van der Waals surface area contributed by atoms with Gasteiger partial charge in [-0.3, -0.25) is 0 Å². The van der Waals surface area contributed by atoms with Crippen LogP contribution < -0.4 is 0 Å². The lowest BCUT2D eigenvalue weighted by atomic mass is 10.4. The SMILES string of the molecule is CO[Si](/C=C/C(C)OCC1CO1)(OC)OC. The van der Waals surface area contributed by atoms with Crippen LogP contribution in [0.2, 0.25) is 0 Å². The molecule has 0 N–H and O–H groups in total. The fourth-order valence-electron chi connectivity index (χ4n) is 1.19. The van der Waals surface area contributed by atoms with Gasteiger partial charge < -0.3 is 22.8 Å². The first-order valence-electron chi connectivity index (χ1n) is 5.24. The lowest BCUT2D eigenvalue weighted by molar-refractivity contribution is 0.0823. The number of rotatable bonds is 8. The maximum atomic E-state index is 5.54. The van der Waals surface area contributed by atoms with Crippen molar-refractivity contribution in [2.24, 2.45) is 0 Å². The molecule has 1 fully saturated rings. The largest absolute Gasteiger partial charge is 0.528 e. The Labute approximate surface area is 97.6 Å². The van der Waals surface area contributed by atoms with Crippen molar-refractivity contribution in [3.8, 4) is 0 Å². The van der Waals surface area contributed by atoms with E-state index in [0.717, 1.165) is 6.61 Å². The zero-order valence-corrected chi connectivity index (χ0v) is 11.3. The second kappa shape index (κ2) is 6.48. The average Bonchev–Trinajstić information content (AvgIpc) is 3.13. The predicted molar refractivity (Wildman–Crippen MR) is 61.1 cm³/mol. The zero-order chi connectivity index (χ0) is 12.0. The normalized spacial score (nSPS) is 22.6. The summed E-state index contributed by atoms with van der Waals surface area (Å²) in [6.45, 7) is 3.40. The summed E-state index contributed by atoms with van der Waals surface area (Å²) in [7, 11) is 2.12. The highest BCUT2D eigenvalue weighted by Crippen LogP contribution is 2.12. The molecule has 94 valence electrons. The van der Waals surface area contributed by atoms with Gasteiger partial charge in [0, 0.05) is 21.3 Å². The molecule has 16 heavy (non-hydrogen) atoms. The van der Waals surface area contributed by atoms with Gasteiger partial charge in [-0.15, -0.1) is 0 Å². The minimum atomic E-state index is -2.61. The molecule has 0 aromatic carbocycles. The highest BCUT2D eigenvalue weighted by Gasteiger charge is 2.34. The van der Waals surface area contributed by atoms with E-state index in [1.54, 1.807) is 21.3 Å². The standard InChI is InChI=1S/C10H20O5Si/c1-9(14-7-10-8-15-10)5-6-16(11-2,12-3)13-4/h5-6,9-10H,7-8H2,1-4H3/b6-5+. The fourth-order valence-corrected chi connectivity index (χ4v) is 2.60. The van der Waals surface area contributed by atoms with Crippen LogP contribution in [0.5, 0.6) is 0 Å². The Bertz CT molecular complexity index is 217. The number of hydrogen-bond donors (Lipinski definition) is 0. The third kappa shape index (κ3) is 4.32. The van der Waals surface area contributed by atoms with Crippen LogP contribution in [0.15, 0.2) is 11.8 Å². The maximum absolute atomic E-state index is 5.54. The van der Waals surface area contributed by atoms with Gasteiger partial charge in [-0.25, -0.2) is 0 Å². The second-order valence-electron chi connectivity index (χ2n) is 3.57. The van der Waals surface area contributed by atoms with E-state index < -0.39 is 8.80 Å². The summed E-state index contributed by atoms with van der Waals surface area (Å²) in [5.41, 5.74) is 1.82. The molecular formula is C10H20O5Si. The molecule has 5 nitrogen and oxygen atoms in total. The molecular weight excluding hydrogens is 228 g/mol.